The third kappa shape index (κ3) is 3.51. The second kappa shape index (κ2) is 6.67. The number of nitrogens with zero attached hydrogens (tertiary/aromatic N) is 1. The molecule has 1 N–H and O–H groups in total. The highest BCUT2D eigenvalue weighted by Gasteiger charge is 2.22. The van der Waals surface area contributed by atoms with Crippen LogP contribution in [0.5, 0.6) is 0 Å². The van der Waals surface area contributed by atoms with Gasteiger partial charge in [-0.3, -0.25) is 19.7 Å². The van der Waals surface area contributed by atoms with E-state index in [1.54, 1.807) is 19.1 Å². The minimum atomic E-state index is -0.651. The monoisotopic (exact) mass is 254 g/mol. The Hall–Kier alpha value is -1.99. The molecule has 0 heterocycles. The third-order valence-corrected chi connectivity index (χ3v) is 2.22. The number of carbonyl (C=O) groups is 1. The fraction of sp³-hybridized carbons (Fsp3) is 0.364. The van der Waals surface area contributed by atoms with Crippen molar-refractivity contribution in [3.8, 4) is 0 Å². The van der Waals surface area contributed by atoms with Crippen molar-refractivity contribution in [2.24, 2.45) is 0 Å². The van der Waals surface area contributed by atoms with Crippen molar-refractivity contribution in [2.45, 2.75) is 6.92 Å². The first kappa shape index (κ1) is 14.1. The van der Waals surface area contributed by atoms with Gasteiger partial charge in [0.2, 0.25) is 0 Å². The van der Waals surface area contributed by atoms with Gasteiger partial charge >= 0.3 is 0 Å². The number of hydroxylamine groups is 1. The topological polar surface area (TPSA) is 90.7 Å². The van der Waals surface area contributed by atoms with Gasteiger partial charge in [-0.15, -0.1) is 0 Å². The van der Waals surface area contributed by atoms with Crippen molar-refractivity contribution in [1.82, 2.24) is 5.48 Å². The predicted octanol–water partition coefficient (Wildman–Crippen LogP) is 1.21. The van der Waals surface area contributed by atoms with E-state index in [0.29, 0.717) is 12.2 Å². The largest absolute Gasteiger partial charge is 0.382 e. The molecule has 0 spiro atoms. The maximum Gasteiger partial charge on any atom is 0.285 e. The second-order valence-electron chi connectivity index (χ2n) is 3.50. The fourth-order valence-corrected chi connectivity index (χ4v) is 1.38. The van der Waals surface area contributed by atoms with Crippen LogP contribution >= 0.6 is 0 Å². The summed E-state index contributed by atoms with van der Waals surface area (Å²) in [7, 11) is 1.50. The number of hydrogen-bond donors (Lipinski definition) is 1. The summed E-state index contributed by atoms with van der Waals surface area (Å²) >= 11 is 0. The highest BCUT2D eigenvalue weighted by Crippen LogP contribution is 2.22. The van der Waals surface area contributed by atoms with Crippen molar-refractivity contribution in [3.05, 3.63) is 39.4 Å². The molecule has 7 nitrogen and oxygen atoms in total. The van der Waals surface area contributed by atoms with Crippen LogP contribution in [0.25, 0.3) is 0 Å². The molecule has 0 aliphatic rings. The Labute approximate surface area is 104 Å². The first-order valence-corrected chi connectivity index (χ1v) is 5.23. The number of methoxy groups -OCH3 is 1. The second-order valence-corrected chi connectivity index (χ2v) is 3.50. The van der Waals surface area contributed by atoms with Crippen LogP contribution < -0.4 is 5.48 Å². The average molecular weight is 254 g/mol. The molecule has 18 heavy (non-hydrogen) atoms. The number of aryl methyl sites for hydroxylation is 1. The van der Waals surface area contributed by atoms with E-state index in [2.05, 4.69) is 5.48 Å². The van der Waals surface area contributed by atoms with Crippen molar-refractivity contribution in [1.29, 1.82) is 0 Å². The lowest BCUT2D eigenvalue weighted by Gasteiger charge is -2.07. The summed E-state index contributed by atoms with van der Waals surface area (Å²) in [6.45, 7) is 2.05. The molecule has 0 aliphatic heterocycles. The third-order valence-electron chi connectivity index (χ3n) is 2.22. The summed E-state index contributed by atoms with van der Waals surface area (Å²) in [5.74, 6) is -0.651. The Morgan fingerprint density at radius 2 is 2.17 bits per heavy atom. The minimum absolute atomic E-state index is 0.0302. The number of para-hydroxylation sites is 1. The highest BCUT2D eigenvalue weighted by atomic mass is 16.7. The maximum absolute atomic E-state index is 11.7. The molecule has 98 valence electrons. The number of benzene rings is 1. The molecule has 0 aliphatic carbocycles. The number of nitro benzene ring substituents is 1. The molecule has 1 aromatic rings. The molecule has 7 heteroatoms. The lowest BCUT2D eigenvalue weighted by Crippen LogP contribution is -2.26. The molecule has 0 saturated carbocycles. The van der Waals surface area contributed by atoms with Crippen LogP contribution in [0.2, 0.25) is 0 Å². The molecular formula is C11H14N2O5. The number of ether oxygens (including phenoxy) is 1. The normalized spacial score (nSPS) is 10.1. The molecule has 0 fully saturated rings. The van der Waals surface area contributed by atoms with Gasteiger partial charge in [0.05, 0.1) is 18.1 Å². The Morgan fingerprint density at radius 3 is 2.78 bits per heavy atom. The summed E-state index contributed by atoms with van der Waals surface area (Å²) in [5, 5.41) is 10.9. The Morgan fingerprint density at radius 1 is 1.44 bits per heavy atom. The van der Waals surface area contributed by atoms with E-state index in [4.69, 9.17) is 9.57 Å². The van der Waals surface area contributed by atoms with Crippen LogP contribution in [0.15, 0.2) is 18.2 Å². The van der Waals surface area contributed by atoms with Crippen molar-refractivity contribution < 1.29 is 19.3 Å². The Balaban J connectivity index is 2.79. The Kier molecular flexibility index (Phi) is 5.22. The lowest BCUT2D eigenvalue weighted by atomic mass is 10.1. The van der Waals surface area contributed by atoms with E-state index in [1.165, 1.54) is 13.2 Å². The van der Waals surface area contributed by atoms with E-state index in [0.717, 1.165) is 0 Å². The fourth-order valence-electron chi connectivity index (χ4n) is 1.38. The molecular weight excluding hydrogens is 240 g/mol. The molecule has 1 aromatic carbocycles. The SMILES string of the molecule is COCCONC(=O)c1cccc(C)c1[N+](=O)[O-]. The molecule has 0 radical (unpaired) electrons. The smallest absolute Gasteiger partial charge is 0.285 e. The number of amides is 1. The first-order valence-electron chi connectivity index (χ1n) is 5.23. The van der Waals surface area contributed by atoms with Crippen LogP contribution in [0.1, 0.15) is 15.9 Å². The van der Waals surface area contributed by atoms with Crippen molar-refractivity contribution in [2.75, 3.05) is 20.3 Å². The van der Waals surface area contributed by atoms with E-state index in [1.807, 2.05) is 0 Å². The van der Waals surface area contributed by atoms with Gasteiger partial charge < -0.3 is 4.74 Å². The molecule has 0 bridgehead atoms. The Bertz CT molecular complexity index is 447. The van der Waals surface area contributed by atoms with Gasteiger partial charge in [-0.25, -0.2) is 5.48 Å². The zero-order valence-corrected chi connectivity index (χ0v) is 10.1. The van der Waals surface area contributed by atoms with Crippen LogP contribution in [0.4, 0.5) is 5.69 Å². The van der Waals surface area contributed by atoms with Gasteiger partial charge in [0.15, 0.2) is 0 Å². The highest BCUT2D eigenvalue weighted by molar-refractivity contribution is 5.98. The molecule has 0 saturated heterocycles. The number of nitro groups is 1. The number of hydrogen-bond acceptors (Lipinski definition) is 5. The summed E-state index contributed by atoms with van der Waals surface area (Å²) in [6, 6.07) is 4.52. The van der Waals surface area contributed by atoms with E-state index >= 15 is 0 Å². The van der Waals surface area contributed by atoms with Gasteiger partial charge in [-0.1, -0.05) is 12.1 Å². The average Bonchev–Trinajstić information content (AvgIpc) is 2.33. The van der Waals surface area contributed by atoms with Gasteiger partial charge in [-0.05, 0) is 13.0 Å². The number of carbonyl (C=O) groups excluding carboxylic acids is 1. The van der Waals surface area contributed by atoms with Gasteiger partial charge in [0.25, 0.3) is 11.6 Å². The zero-order chi connectivity index (χ0) is 13.5. The van der Waals surface area contributed by atoms with Gasteiger partial charge in [0, 0.05) is 12.7 Å². The van der Waals surface area contributed by atoms with Crippen molar-refractivity contribution in [3.63, 3.8) is 0 Å². The predicted molar refractivity (Wildman–Crippen MR) is 63.1 cm³/mol. The summed E-state index contributed by atoms with van der Waals surface area (Å²) in [6.07, 6.45) is 0. The first-order chi connectivity index (χ1) is 8.57. The molecule has 1 rings (SSSR count). The zero-order valence-electron chi connectivity index (χ0n) is 10.1. The van der Waals surface area contributed by atoms with Crippen LogP contribution in [-0.4, -0.2) is 31.2 Å². The lowest BCUT2D eigenvalue weighted by molar-refractivity contribution is -0.385. The van der Waals surface area contributed by atoms with E-state index in [-0.39, 0.29) is 17.9 Å². The quantitative estimate of drug-likeness (QED) is 0.468. The summed E-state index contributed by atoms with van der Waals surface area (Å²) in [5.41, 5.74) is 2.31. The molecule has 0 aromatic heterocycles. The van der Waals surface area contributed by atoms with Gasteiger partial charge in [0.1, 0.15) is 5.56 Å². The maximum atomic E-state index is 11.7. The summed E-state index contributed by atoms with van der Waals surface area (Å²) in [4.78, 5) is 26.8. The van der Waals surface area contributed by atoms with E-state index < -0.39 is 10.8 Å². The minimum Gasteiger partial charge on any atom is -0.382 e. The number of rotatable bonds is 6. The standard InChI is InChI=1S/C11H14N2O5/c1-8-4-3-5-9(10(8)13(15)16)11(14)12-18-7-6-17-2/h3-5H,6-7H2,1-2H3,(H,12,14). The van der Waals surface area contributed by atoms with E-state index in [9.17, 15) is 14.9 Å². The van der Waals surface area contributed by atoms with Crippen LogP contribution in [-0.2, 0) is 9.57 Å². The molecule has 0 atom stereocenters. The van der Waals surface area contributed by atoms with Gasteiger partial charge in [-0.2, -0.15) is 0 Å². The van der Waals surface area contributed by atoms with Crippen LogP contribution in [0, 0.1) is 17.0 Å². The van der Waals surface area contributed by atoms with Crippen LogP contribution in [0.3, 0.4) is 0 Å². The molecule has 1 amide bonds. The summed E-state index contributed by atoms with van der Waals surface area (Å²) < 4.78 is 4.73. The van der Waals surface area contributed by atoms with Crippen molar-refractivity contribution >= 4 is 11.6 Å². The molecule has 0 unspecified atom stereocenters. The number of nitrogens with one attached hydrogen (secondary N) is 1.